The van der Waals surface area contributed by atoms with Gasteiger partial charge in [-0.05, 0) is 13.8 Å². The second-order valence-corrected chi connectivity index (χ2v) is 3.61. The molecule has 0 saturated heterocycles. The summed E-state index contributed by atoms with van der Waals surface area (Å²) in [6, 6.07) is 0. The van der Waals surface area contributed by atoms with Crippen molar-refractivity contribution in [3.05, 3.63) is 28.1 Å². The zero-order valence-corrected chi connectivity index (χ0v) is 10.9. The van der Waals surface area contributed by atoms with Crippen LogP contribution in [-0.2, 0) is 9.47 Å². The molecule has 0 aliphatic rings. The lowest BCUT2D eigenvalue weighted by Crippen LogP contribution is -2.18. The number of nitrogens with zero attached hydrogens (tertiary/aromatic N) is 3. The van der Waals surface area contributed by atoms with Crippen molar-refractivity contribution in [2.24, 2.45) is 0 Å². The van der Waals surface area contributed by atoms with Crippen LogP contribution in [0.5, 0.6) is 0 Å². The Hall–Kier alpha value is -2.71. The van der Waals surface area contributed by atoms with Gasteiger partial charge in [0.15, 0.2) is 11.3 Å². The lowest BCUT2D eigenvalue weighted by Gasteiger charge is -2.02. The standard InChI is InChI=1S/C11H12N4O5/c1-3-19-9(16)6-7(10(17)20-4-2)14-15-8(6)12-5-13-11(15)18/h5H,3-4H2,1-2H3,(H,12,13,18). The first kappa shape index (κ1) is 13.7. The number of hydrogen-bond acceptors (Lipinski definition) is 7. The van der Waals surface area contributed by atoms with Gasteiger partial charge in [0.05, 0.1) is 19.5 Å². The third kappa shape index (κ3) is 2.25. The molecule has 2 aromatic rings. The lowest BCUT2D eigenvalue weighted by molar-refractivity contribution is 0.0476. The van der Waals surface area contributed by atoms with Crippen LogP contribution in [0, 0.1) is 0 Å². The average molecular weight is 280 g/mol. The van der Waals surface area contributed by atoms with E-state index in [1.54, 1.807) is 13.8 Å². The van der Waals surface area contributed by atoms with Crippen molar-refractivity contribution in [3.8, 4) is 0 Å². The predicted molar refractivity (Wildman–Crippen MR) is 65.5 cm³/mol. The van der Waals surface area contributed by atoms with Crippen LogP contribution in [-0.4, -0.2) is 44.7 Å². The molecule has 0 saturated carbocycles. The zero-order valence-electron chi connectivity index (χ0n) is 10.9. The Morgan fingerprint density at radius 1 is 1.25 bits per heavy atom. The summed E-state index contributed by atoms with van der Waals surface area (Å²) in [5.41, 5.74) is -1.17. The first-order valence-electron chi connectivity index (χ1n) is 5.90. The van der Waals surface area contributed by atoms with Gasteiger partial charge in [0.25, 0.3) is 0 Å². The molecule has 0 bridgehead atoms. The highest BCUT2D eigenvalue weighted by molar-refractivity contribution is 6.06. The summed E-state index contributed by atoms with van der Waals surface area (Å²) in [6.07, 6.45) is 1.11. The minimum absolute atomic E-state index is 0.0600. The van der Waals surface area contributed by atoms with E-state index in [0.29, 0.717) is 0 Å². The molecule has 0 atom stereocenters. The van der Waals surface area contributed by atoms with Crippen LogP contribution in [0.25, 0.3) is 5.65 Å². The van der Waals surface area contributed by atoms with E-state index in [4.69, 9.17) is 9.47 Å². The van der Waals surface area contributed by atoms with Crippen LogP contribution in [0.1, 0.15) is 34.7 Å². The molecule has 106 valence electrons. The Balaban J connectivity index is 2.69. The van der Waals surface area contributed by atoms with Gasteiger partial charge in [0.1, 0.15) is 5.56 Å². The van der Waals surface area contributed by atoms with Gasteiger partial charge in [-0.15, -0.1) is 0 Å². The van der Waals surface area contributed by atoms with Crippen molar-refractivity contribution in [1.82, 2.24) is 19.6 Å². The number of hydrogen-bond donors (Lipinski definition) is 1. The second-order valence-electron chi connectivity index (χ2n) is 3.61. The van der Waals surface area contributed by atoms with E-state index in [9.17, 15) is 14.4 Å². The summed E-state index contributed by atoms with van der Waals surface area (Å²) < 4.78 is 10.5. The van der Waals surface area contributed by atoms with E-state index in [1.807, 2.05) is 0 Å². The van der Waals surface area contributed by atoms with E-state index in [1.165, 1.54) is 0 Å². The molecule has 9 nitrogen and oxygen atoms in total. The maximum Gasteiger partial charge on any atom is 0.359 e. The van der Waals surface area contributed by atoms with E-state index in [-0.39, 0.29) is 30.1 Å². The molecule has 2 heterocycles. The highest BCUT2D eigenvalue weighted by Gasteiger charge is 2.28. The molecule has 2 aromatic heterocycles. The van der Waals surface area contributed by atoms with Gasteiger partial charge in [0.2, 0.25) is 0 Å². The van der Waals surface area contributed by atoms with Crippen LogP contribution >= 0.6 is 0 Å². The zero-order chi connectivity index (χ0) is 14.7. The fourth-order valence-corrected chi connectivity index (χ4v) is 1.61. The summed E-state index contributed by atoms with van der Waals surface area (Å²) in [6.45, 7) is 3.46. The smallest absolute Gasteiger partial charge is 0.359 e. The second kappa shape index (κ2) is 5.51. The molecular formula is C11H12N4O5. The molecule has 0 amide bonds. The number of carbonyl (C=O) groups is 2. The van der Waals surface area contributed by atoms with E-state index < -0.39 is 17.6 Å². The normalized spacial score (nSPS) is 10.5. The van der Waals surface area contributed by atoms with Gasteiger partial charge in [-0.2, -0.15) is 9.61 Å². The Bertz CT molecular complexity index is 717. The van der Waals surface area contributed by atoms with E-state index >= 15 is 0 Å². The Morgan fingerprint density at radius 3 is 2.55 bits per heavy atom. The maximum absolute atomic E-state index is 11.9. The summed E-state index contributed by atoms with van der Waals surface area (Å²) in [5, 5.41) is 3.77. The van der Waals surface area contributed by atoms with Crippen LogP contribution in [0.15, 0.2) is 11.1 Å². The number of nitrogens with one attached hydrogen (secondary N) is 1. The van der Waals surface area contributed by atoms with Crippen molar-refractivity contribution >= 4 is 17.6 Å². The molecule has 20 heavy (non-hydrogen) atoms. The minimum Gasteiger partial charge on any atom is -0.462 e. The summed E-state index contributed by atoms with van der Waals surface area (Å²) in [7, 11) is 0. The van der Waals surface area contributed by atoms with Crippen molar-refractivity contribution in [1.29, 1.82) is 0 Å². The fourth-order valence-electron chi connectivity index (χ4n) is 1.61. The number of ether oxygens (including phenoxy) is 2. The largest absolute Gasteiger partial charge is 0.462 e. The van der Waals surface area contributed by atoms with E-state index in [0.717, 1.165) is 10.8 Å². The fraction of sp³-hybridized carbons (Fsp3) is 0.364. The Kier molecular flexibility index (Phi) is 3.78. The minimum atomic E-state index is -0.819. The van der Waals surface area contributed by atoms with Crippen LogP contribution in [0.4, 0.5) is 0 Å². The van der Waals surface area contributed by atoms with Crippen LogP contribution in [0.2, 0.25) is 0 Å². The molecule has 0 fully saturated rings. The molecule has 0 radical (unpaired) electrons. The molecule has 0 spiro atoms. The van der Waals surface area contributed by atoms with Crippen LogP contribution in [0.3, 0.4) is 0 Å². The van der Waals surface area contributed by atoms with Gasteiger partial charge in [-0.3, -0.25) is 4.98 Å². The third-order valence-electron chi connectivity index (χ3n) is 2.38. The quantitative estimate of drug-likeness (QED) is 0.769. The van der Waals surface area contributed by atoms with Gasteiger partial charge < -0.3 is 9.47 Å². The van der Waals surface area contributed by atoms with Gasteiger partial charge in [-0.1, -0.05) is 0 Å². The SMILES string of the molecule is CCOC(=O)c1nn2c(=O)[nH]cnc2c1C(=O)OCC. The number of H-pyrrole nitrogens is 1. The first-order valence-corrected chi connectivity index (χ1v) is 5.90. The number of fused-ring (bicyclic) bond motifs is 1. The highest BCUT2D eigenvalue weighted by Crippen LogP contribution is 2.15. The van der Waals surface area contributed by atoms with E-state index in [2.05, 4.69) is 15.1 Å². The average Bonchev–Trinajstić information content (AvgIpc) is 2.80. The molecule has 0 aliphatic heterocycles. The number of carbonyl (C=O) groups excluding carboxylic acids is 2. The number of aromatic nitrogens is 4. The predicted octanol–water partition coefficient (Wildman–Crippen LogP) is -0.229. The lowest BCUT2D eigenvalue weighted by atomic mass is 10.2. The molecule has 0 aromatic carbocycles. The van der Waals surface area contributed by atoms with Crippen molar-refractivity contribution in [2.75, 3.05) is 13.2 Å². The topological polar surface area (TPSA) is 116 Å². The van der Waals surface area contributed by atoms with Gasteiger partial charge in [0, 0.05) is 0 Å². The molecule has 2 rings (SSSR count). The number of esters is 2. The van der Waals surface area contributed by atoms with Crippen molar-refractivity contribution in [3.63, 3.8) is 0 Å². The molecule has 0 aliphatic carbocycles. The summed E-state index contributed by atoms with van der Waals surface area (Å²) in [5.74, 6) is -1.61. The molecule has 0 unspecified atom stereocenters. The van der Waals surface area contributed by atoms with Gasteiger partial charge >= 0.3 is 17.6 Å². The Labute approximate surface area is 112 Å². The number of aromatic amines is 1. The van der Waals surface area contributed by atoms with Crippen molar-refractivity contribution < 1.29 is 19.1 Å². The Morgan fingerprint density at radius 2 is 1.90 bits per heavy atom. The molecule has 1 N–H and O–H groups in total. The summed E-state index contributed by atoms with van der Waals surface area (Å²) >= 11 is 0. The number of rotatable bonds is 4. The first-order chi connectivity index (χ1) is 9.60. The summed E-state index contributed by atoms with van der Waals surface area (Å²) in [4.78, 5) is 41.5. The monoisotopic (exact) mass is 280 g/mol. The van der Waals surface area contributed by atoms with Gasteiger partial charge in [-0.25, -0.2) is 19.4 Å². The highest BCUT2D eigenvalue weighted by atomic mass is 16.5. The molecule has 9 heteroatoms. The molecular weight excluding hydrogens is 268 g/mol. The third-order valence-corrected chi connectivity index (χ3v) is 2.38. The van der Waals surface area contributed by atoms with Crippen molar-refractivity contribution in [2.45, 2.75) is 13.8 Å². The van der Waals surface area contributed by atoms with Crippen LogP contribution < -0.4 is 5.69 Å². The maximum atomic E-state index is 11.9.